The molecule has 0 aliphatic carbocycles. The van der Waals surface area contributed by atoms with E-state index in [1.54, 1.807) is 25.4 Å². The summed E-state index contributed by atoms with van der Waals surface area (Å²) in [6.45, 7) is 0. The summed E-state index contributed by atoms with van der Waals surface area (Å²) >= 11 is 1.41. The van der Waals surface area contributed by atoms with Crippen molar-refractivity contribution in [2.24, 2.45) is 0 Å². The summed E-state index contributed by atoms with van der Waals surface area (Å²) in [6, 6.07) is 9.10. The summed E-state index contributed by atoms with van der Waals surface area (Å²) in [4.78, 5) is 20.3. The van der Waals surface area contributed by atoms with E-state index in [0.717, 1.165) is 10.2 Å². The van der Waals surface area contributed by atoms with Gasteiger partial charge in [0.25, 0.3) is 5.91 Å². The van der Waals surface area contributed by atoms with Crippen LogP contribution in [0.25, 0.3) is 10.2 Å². The molecule has 1 amide bonds. The number of thiazole rings is 1. The predicted molar refractivity (Wildman–Crippen MR) is 78.4 cm³/mol. The highest BCUT2D eigenvalue weighted by Crippen LogP contribution is 2.32. The zero-order chi connectivity index (χ0) is 13.9. The van der Waals surface area contributed by atoms with Crippen LogP contribution in [0.4, 0.5) is 5.13 Å². The third-order valence-corrected chi connectivity index (χ3v) is 3.68. The quantitative estimate of drug-likeness (QED) is 0.803. The molecule has 1 aromatic carbocycles. The number of ether oxygens (including phenoxy) is 1. The zero-order valence-electron chi connectivity index (χ0n) is 10.7. The van der Waals surface area contributed by atoms with Crippen LogP contribution in [0.5, 0.6) is 5.75 Å². The number of anilines is 1. The molecule has 20 heavy (non-hydrogen) atoms. The second kappa shape index (κ2) is 5.26. The number of amides is 1. The Balaban J connectivity index is 1.90. The van der Waals surface area contributed by atoms with Crippen LogP contribution in [0, 0.1) is 0 Å². The van der Waals surface area contributed by atoms with Crippen molar-refractivity contribution >= 4 is 32.6 Å². The first-order valence-electron chi connectivity index (χ1n) is 5.93. The fourth-order valence-corrected chi connectivity index (χ4v) is 2.69. The van der Waals surface area contributed by atoms with E-state index in [9.17, 15) is 4.79 Å². The lowest BCUT2D eigenvalue weighted by Gasteiger charge is -2.00. The molecule has 2 aromatic heterocycles. The predicted octanol–water partition coefficient (Wildman–Crippen LogP) is 2.95. The monoisotopic (exact) mass is 285 g/mol. The van der Waals surface area contributed by atoms with Gasteiger partial charge in [-0.3, -0.25) is 15.1 Å². The highest BCUT2D eigenvalue weighted by atomic mass is 32.1. The molecule has 0 saturated heterocycles. The normalized spacial score (nSPS) is 10.4. The Bertz CT molecular complexity index is 755. The molecule has 0 bridgehead atoms. The molecular formula is C14H11N3O2S. The molecule has 0 aliphatic heterocycles. The lowest BCUT2D eigenvalue weighted by Crippen LogP contribution is -2.11. The number of fused-ring (bicyclic) bond motifs is 1. The third kappa shape index (κ3) is 2.33. The standard InChI is InChI=1S/C14H11N3O2S/c1-19-10-5-2-6-11-12(10)16-14(20-11)17-13(18)9-4-3-7-15-8-9/h2-8H,1H3,(H,16,17,18). The van der Waals surface area contributed by atoms with Crippen molar-refractivity contribution < 1.29 is 9.53 Å². The van der Waals surface area contributed by atoms with Crippen LogP contribution >= 0.6 is 11.3 Å². The minimum atomic E-state index is -0.226. The maximum absolute atomic E-state index is 12.0. The second-order valence-corrected chi connectivity index (χ2v) is 5.05. The number of methoxy groups -OCH3 is 1. The molecule has 0 aliphatic rings. The second-order valence-electron chi connectivity index (χ2n) is 4.02. The van der Waals surface area contributed by atoms with Crippen LogP contribution in [-0.2, 0) is 0 Å². The molecule has 3 rings (SSSR count). The van der Waals surface area contributed by atoms with E-state index in [2.05, 4.69) is 15.3 Å². The number of nitrogens with zero attached hydrogens (tertiary/aromatic N) is 2. The van der Waals surface area contributed by atoms with Gasteiger partial charge in [-0.1, -0.05) is 17.4 Å². The van der Waals surface area contributed by atoms with Gasteiger partial charge in [0, 0.05) is 12.4 Å². The lowest BCUT2D eigenvalue weighted by atomic mass is 10.3. The minimum Gasteiger partial charge on any atom is -0.494 e. The van der Waals surface area contributed by atoms with Crippen LogP contribution < -0.4 is 10.1 Å². The smallest absolute Gasteiger partial charge is 0.259 e. The average Bonchev–Trinajstić information content (AvgIpc) is 2.90. The SMILES string of the molecule is COc1cccc2sc(NC(=O)c3cccnc3)nc12. The van der Waals surface area contributed by atoms with Gasteiger partial charge >= 0.3 is 0 Å². The molecule has 0 spiro atoms. The molecule has 0 unspecified atom stereocenters. The fourth-order valence-electron chi connectivity index (χ4n) is 1.81. The number of benzene rings is 1. The Labute approximate surface area is 119 Å². The maximum atomic E-state index is 12.0. The average molecular weight is 285 g/mol. The number of para-hydroxylation sites is 1. The highest BCUT2D eigenvalue weighted by Gasteiger charge is 2.12. The molecule has 0 fully saturated rings. The van der Waals surface area contributed by atoms with E-state index < -0.39 is 0 Å². The Morgan fingerprint density at radius 3 is 2.95 bits per heavy atom. The summed E-state index contributed by atoms with van der Waals surface area (Å²) in [5.41, 5.74) is 1.25. The molecule has 6 heteroatoms. The van der Waals surface area contributed by atoms with Gasteiger partial charge in [0.15, 0.2) is 5.13 Å². The molecule has 0 atom stereocenters. The minimum absolute atomic E-state index is 0.226. The topological polar surface area (TPSA) is 64.1 Å². The van der Waals surface area contributed by atoms with Crippen LogP contribution in [0.15, 0.2) is 42.7 Å². The number of rotatable bonds is 3. The van der Waals surface area contributed by atoms with Gasteiger partial charge in [0.05, 0.1) is 17.4 Å². The van der Waals surface area contributed by atoms with E-state index in [1.807, 2.05) is 18.2 Å². The van der Waals surface area contributed by atoms with Gasteiger partial charge in [-0.05, 0) is 24.3 Å². The summed E-state index contributed by atoms with van der Waals surface area (Å²) in [5, 5.41) is 3.31. The fraction of sp³-hybridized carbons (Fsp3) is 0.0714. The Hall–Kier alpha value is -2.47. The van der Waals surface area contributed by atoms with E-state index >= 15 is 0 Å². The first-order valence-corrected chi connectivity index (χ1v) is 6.74. The molecule has 2 heterocycles. The van der Waals surface area contributed by atoms with Gasteiger partial charge in [-0.15, -0.1) is 0 Å². The molecular weight excluding hydrogens is 274 g/mol. The number of pyridine rings is 1. The first kappa shape index (κ1) is 12.6. The van der Waals surface area contributed by atoms with E-state index in [4.69, 9.17) is 4.74 Å². The van der Waals surface area contributed by atoms with Crippen LogP contribution in [0.2, 0.25) is 0 Å². The Morgan fingerprint density at radius 2 is 2.20 bits per heavy atom. The molecule has 1 N–H and O–H groups in total. The van der Waals surface area contributed by atoms with Crippen molar-refractivity contribution in [1.29, 1.82) is 0 Å². The number of hydrogen-bond donors (Lipinski definition) is 1. The van der Waals surface area contributed by atoms with Crippen molar-refractivity contribution in [3.05, 3.63) is 48.3 Å². The van der Waals surface area contributed by atoms with Gasteiger partial charge < -0.3 is 4.74 Å². The van der Waals surface area contributed by atoms with Crippen LogP contribution in [0.1, 0.15) is 10.4 Å². The van der Waals surface area contributed by atoms with Crippen molar-refractivity contribution in [3.8, 4) is 5.75 Å². The molecule has 0 radical (unpaired) electrons. The Kier molecular flexibility index (Phi) is 3.30. The van der Waals surface area contributed by atoms with Crippen molar-refractivity contribution in [1.82, 2.24) is 9.97 Å². The summed E-state index contributed by atoms with van der Waals surface area (Å²) < 4.78 is 6.22. The molecule has 5 nitrogen and oxygen atoms in total. The summed E-state index contributed by atoms with van der Waals surface area (Å²) in [5.74, 6) is 0.469. The van der Waals surface area contributed by atoms with Crippen molar-refractivity contribution in [3.63, 3.8) is 0 Å². The van der Waals surface area contributed by atoms with E-state index in [-0.39, 0.29) is 5.91 Å². The van der Waals surface area contributed by atoms with Gasteiger partial charge in [0.2, 0.25) is 0 Å². The maximum Gasteiger partial charge on any atom is 0.259 e. The van der Waals surface area contributed by atoms with Crippen molar-refractivity contribution in [2.75, 3.05) is 12.4 Å². The summed E-state index contributed by atoms with van der Waals surface area (Å²) in [7, 11) is 1.60. The van der Waals surface area contributed by atoms with Crippen LogP contribution in [-0.4, -0.2) is 23.0 Å². The number of hydrogen-bond acceptors (Lipinski definition) is 5. The van der Waals surface area contributed by atoms with E-state index in [1.165, 1.54) is 17.5 Å². The van der Waals surface area contributed by atoms with E-state index in [0.29, 0.717) is 16.4 Å². The van der Waals surface area contributed by atoms with Gasteiger partial charge in [-0.25, -0.2) is 4.98 Å². The zero-order valence-corrected chi connectivity index (χ0v) is 11.5. The number of nitrogens with one attached hydrogen (secondary N) is 1. The number of carbonyl (C=O) groups excluding carboxylic acids is 1. The lowest BCUT2D eigenvalue weighted by molar-refractivity contribution is 0.102. The number of aromatic nitrogens is 2. The third-order valence-electron chi connectivity index (χ3n) is 2.75. The molecule has 100 valence electrons. The van der Waals surface area contributed by atoms with Crippen molar-refractivity contribution in [2.45, 2.75) is 0 Å². The largest absolute Gasteiger partial charge is 0.494 e. The highest BCUT2D eigenvalue weighted by molar-refractivity contribution is 7.22. The van der Waals surface area contributed by atoms with Gasteiger partial charge in [0.1, 0.15) is 11.3 Å². The van der Waals surface area contributed by atoms with Crippen LogP contribution in [0.3, 0.4) is 0 Å². The number of carbonyl (C=O) groups is 1. The Morgan fingerprint density at radius 1 is 1.30 bits per heavy atom. The van der Waals surface area contributed by atoms with Gasteiger partial charge in [-0.2, -0.15) is 0 Å². The summed E-state index contributed by atoms with van der Waals surface area (Å²) in [6.07, 6.45) is 3.14. The first-order chi connectivity index (χ1) is 9.78. The molecule has 3 aromatic rings. The molecule has 0 saturated carbocycles.